The molecule has 0 saturated carbocycles. The number of carboxylic acid groups (broad SMARTS) is 1. The summed E-state index contributed by atoms with van der Waals surface area (Å²) in [5.41, 5.74) is 2.17. The first-order valence-electron chi connectivity index (χ1n) is 7.26. The Kier molecular flexibility index (Phi) is 4.90. The number of rotatable bonds is 6. The molecule has 1 aliphatic rings. The normalized spacial score (nSPS) is 18.8. The van der Waals surface area contributed by atoms with Gasteiger partial charge in [-0.3, -0.25) is 14.9 Å². The van der Waals surface area contributed by atoms with E-state index in [9.17, 15) is 20.0 Å². The molecule has 2 rings (SSSR count). The molecule has 1 aromatic carbocycles. The number of aryl methyl sites for hydroxylation is 1. The van der Waals surface area contributed by atoms with Crippen LogP contribution in [-0.2, 0) is 17.6 Å². The van der Waals surface area contributed by atoms with Gasteiger partial charge in [0.05, 0.1) is 4.92 Å². The quantitative estimate of drug-likeness (QED) is 0.620. The van der Waals surface area contributed by atoms with Crippen molar-refractivity contribution in [2.75, 3.05) is 0 Å². The smallest absolute Gasteiger partial charge is 0.320 e. The minimum Gasteiger partial charge on any atom is -0.480 e. The first-order valence-corrected chi connectivity index (χ1v) is 7.26. The maximum atomic E-state index is 11.2. The molecule has 114 valence electrons. The van der Waals surface area contributed by atoms with Crippen molar-refractivity contribution in [3.05, 3.63) is 39.4 Å². The summed E-state index contributed by atoms with van der Waals surface area (Å²) in [7, 11) is 0. The van der Waals surface area contributed by atoms with Crippen molar-refractivity contribution in [3.63, 3.8) is 0 Å². The van der Waals surface area contributed by atoms with Crippen molar-refractivity contribution in [2.24, 2.45) is 0 Å². The molecule has 6 nitrogen and oxygen atoms in total. The molecule has 0 fully saturated rings. The third kappa shape index (κ3) is 3.78. The van der Waals surface area contributed by atoms with E-state index >= 15 is 0 Å². The van der Waals surface area contributed by atoms with E-state index < -0.39 is 16.9 Å². The number of hydrogen-bond acceptors (Lipinski definition) is 4. The van der Waals surface area contributed by atoms with E-state index in [1.165, 1.54) is 6.07 Å². The zero-order valence-corrected chi connectivity index (χ0v) is 12.0. The number of nitro benzene ring substituents is 1. The van der Waals surface area contributed by atoms with Gasteiger partial charge in [-0.15, -0.1) is 0 Å². The third-order valence-electron chi connectivity index (χ3n) is 3.94. The monoisotopic (exact) mass is 292 g/mol. The summed E-state index contributed by atoms with van der Waals surface area (Å²) in [6.07, 6.45) is 3.72. The molecule has 2 atom stereocenters. The predicted octanol–water partition coefficient (Wildman–Crippen LogP) is 2.29. The van der Waals surface area contributed by atoms with Gasteiger partial charge in [0.15, 0.2) is 0 Å². The van der Waals surface area contributed by atoms with Gasteiger partial charge in [-0.25, -0.2) is 0 Å². The Morgan fingerprint density at radius 2 is 2.29 bits per heavy atom. The van der Waals surface area contributed by atoms with E-state index in [0.29, 0.717) is 12.8 Å². The Morgan fingerprint density at radius 1 is 1.52 bits per heavy atom. The van der Waals surface area contributed by atoms with Crippen LogP contribution in [0.1, 0.15) is 37.3 Å². The lowest BCUT2D eigenvalue weighted by molar-refractivity contribution is -0.384. The lowest BCUT2D eigenvalue weighted by Gasteiger charge is -2.28. The highest BCUT2D eigenvalue weighted by molar-refractivity contribution is 5.73. The second-order valence-electron chi connectivity index (χ2n) is 5.50. The number of carbonyl (C=O) groups is 1. The summed E-state index contributed by atoms with van der Waals surface area (Å²) in [5, 5.41) is 23.2. The number of aliphatic carboxylic acids is 1. The van der Waals surface area contributed by atoms with Crippen LogP contribution in [0.2, 0.25) is 0 Å². The fourth-order valence-electron chi connectivity index (χ4n) is 2.85. The van der Waals surface area contributed by atoms with E-state index in [1.54, 1.807) is 6.07 Å². The largest absolute Gasteiger partial charge is 0.480 e. The second kappa shape index (κ2) is 6.67. The van der Waals surface area contributed by atoms with Crippen LogP contribution >= 0.6 is 0 Å². The average Bonchev–Trinajstić information content (AvgIpc) is 2.45. The summed E-state index contributed by atoms with van der Waals surface area (Å²) in [4.78, 5) is 21.6. The van der Waals surface area contributed by atoms with E-state index in [0.717, 1.165) is 30.4 Å². The number of fused-ring (bicyclic) bond motifs is 1. The van der Waals surface area contributed by atoms with Gasteiger partial charge in [0.1, 0.15) is 6.04 Å². The minimum absolute atomic E-state index is 0.0622. The Balaban J connectivity index is 2.08. The molecule has 0 spiro atoms. The highest BCUT2D eigenvalue weighted by Gasteiger charge is 2.25. The van der Waals surface area contributed by atoms with Crippen molar-refractivity contribution in [2.45, 2.75) is 51.1 Å². The Morgan fingerprint density at radius 3 is 2.90 bits per heavy atom. The average molecular weight is 292 g/mol. The molecule has 0 radical (unpaired) electrons. The molecule has 0 saturated heterocycles. The Labute approximate surface area is 123 Å². The van der Waals surface area contributed by atoms with Crippen LogP contribution in [0.25, 0.3) is 0 Å². The van der Waals surface area contributed by atoms with Gasteiger partial charge in [-0.05, 0) is 36.8 Å². The third-order valence-corrected chi connectivity index (χ3v) is 3.94. The lowest BCUT2D eigenvalue weighted by Crippen LogP contribution is -2.45. The number of carboxylic acids is 1. The Hall–Kier alpha value is -1.95. The molecule has 1 aliphatic carbocycles. The zero-order chi connectivity index (χ0) is 15.4. The summed E-state index contributed by atoms with van der Waals surface area (Å²) in [6.45, 7) is 1.96. The van der Waals surface area contributed by atoms with Crippen molar-refractivity contribution in [1.29, 1.82) is 0 Å². The molecular formula is C15H20N2O4. The van der Waals surface area contributed by atoms with Crippen molar-refractivity contribution in [3.8, 4) is 0 Å². The molecule has 0 aromatic heterocycles. The molecule has 0 amide bonds. The van der Waals surface area contributed by atoms with Gasteiger partial charge < -0.3 is 10.4 Å². The summed E-state index contributed by atoms with van der Waals surface area (Å²) in [6, 6.07) is 4.47. The van der Waals surface area contributed by atoms with Gasteiger partial charge in [0, 0.05) is 18.2 Å². The fraction of sp³-hybridized carbons (Fsp3) is 0.533. The zero-order valence-electron chi connectivity index (χ0n) is 12.0. The van der Waals surface area contributed by atoms with Gasteiger partial charge in [0.2, 0.25) is 0 Å². The number of benzene rings is 1. The summed E-state index contributed by atoms with van der Waals surface area (Å²) >= 11 is 0. The predicted molar refractivity (Wildman–Crippen MR) is 78.4 cm³/mol. The van der Waals surface area contributed by atoms with E-state index in [4.69, 9.17) is 0 Å². The number of nitro groups is 1. The van der Waals surface area contributed by atoms with Crippen LogP contribution < -0.4 is 5.32 Å². The summed E-state index contributed by atoms with van der Waals surface area (Å²) in [5.74, 6) is -0.832. The molecular weight excluding hydrogens is 272 g/mol. The lowest BCUT2D eigenvalue weighted by atomic mass is 9.87. The van der Waals surface area contributed by atoms with Crippen molar-refractivity contribution < 1.29 is 14.8 Å². The van der Waals surface area contributed by atoms with E-state index in [-0.39, 0.29) is 11.7 Å². The van der Waals surface area contributed by atoms with Gasteiger partial charge in [0.25, 0.3) is 5.69 Å². The number of nitrogens with one attached hydrogen (secondary N) is 1. The topological polar surface area (TPSA) is 92.5 Å². The van der Waals surface area contributed by atoms with Gasteiger partial charge >= 0.3 is 5.97 Å². The van der Waals surface area contributed by atoms with Crippen molar-refractivity contribution in [1.82, 2.24) is 5.32 Å². The maximum absolute atomic E-state index is 11.2. The number of non-ortho nitro benzene ring substituents is 1. The molecule has 21 heavy (non-hydrogen) atoms. The highest BCUT2D eigenvalue weighted by atomic mass is 16.6. The first kappa shape index (κ1) is 15.4. The van der Waals surface area contributed by atoms with Crippen molar-refractivity contribution >= 4 is 11.7 Å². The van der Waals surface area contributed by atoms with Crippen LogP contribution in [0.5, 0.6) is 0 Å². The van der Waals surface area contributed by atoms with E-state index in [1.807, 2.05) is 13.0 Å². The fourth-order valence-corrected chi connectivity index (χ4v) is 2.85. The number of nitrogens with zero attached hydrogens (tertiary/aromatic N) is 1. The summed E-state index contributed by atoms with van der Waals surface area (Å²) < 4.78 is 0. The molecule has 2 N–H and O–H groups in total. The maximum Gasteiger partial charge on any atom is 0.320 e. The molecule has 1 unspecified atom stereocenters. The van der Waals surface area contributed by atoms with Crippen LogP contribution in [0, 0.1) is 10.1 Å². The molecule has 0 aliphatic heterocycles. The first-order chi connectivity index (χ1) is 10.0. The second-order valence-corrected chi connectivity index (χ2v) is 5.50. The number of hydrogen-bond donors (Lipinski definition) is 2. The molecule has 1 aromatic rings. The van der Waals surface area contributed by atoms with Gasteiger partial charge in [-0.2, -0.15) is 0 Å². The van der Waals surface area contributed by atoms with Gasteiger partial charge in [-0.1, -0.05) is 19.4 Å². The molecule has 6 heteroatoms. The van der Waals surface area contributed by atoms with Crippen LogP contribution in [-0.4, -0.2) is 28.1 Å². The van der Waals surface area contributed by atoms with Crippen LogP contribution in [0.15, 0.2) is 18.2 Å². The molecule has 0 bridgehead atoms. The van der Waals surface area contributed by atoms with Crippen LogP contribution in [0.3, 0.4) is 0 Å². The van der Waals surface area contributed by atoms with Crippen LogP contribution in [0.4, 0.5) is 5.69 Å². The molecule has 0 heterocycles. The standard InChI is InChI=1S/C15H20N2O4/c1-2-3-14(15(18)19)16-12-6-4-10-5-7-13(17(20)21)9-11(10)8-12/h5,7,9,12,14,16H,2-4,6,8H2,1H3,(H,18,19)/t12-,14?/m0/s1. The SMILES string of the molecule is CCCC(N[C@H]1CCc2ccc([N+](=O)[O-])cc2C1)C(=O)O. The highest BCUT2D eigenvalue weighted by Crippen LogP contribution is 2.26. The Bertz CT molecular complexity index is 544. The minimum atomic E-state index is -0.832. The van der Waals surface area contributed by atoms with E-state index in [2.05, 4.69) is 5.32 Å².